The first-order valence-corrected chi connectivity index (χ1v) is 5.19. The van der Waals surface area contributed by atoms with Crippen molar-refractivity contribution in [2.75, 3.05) is 0 Å². The van der Waals surface area contributed by atoms with Gasteiger partial charge >= 0.3 is 0 Å². The van der Waals surface area contributed by atoms with E-state index < -0.39 is 0 Å². The first kappa shape index (κ1) is 9.44. The monoisotopic (exact) mass is 183 g/mol. The molecule has 2 rings (SSSR count). The highest BCUT2D eigenvalue weighted by molar-refractivity contribution is 5.12. The first-order chi connectivity index (χ1) is 5.83. The Balaban J connectivity index is 2.26. The van der Waals surface area contributed by atoms with Crippen LogP contribution in [0, 0.1) is 0 Å². The van der Waals surface area contributed by atoms with Gasteiger partial charge in [0.25, 0.3) is 0 Å². The highest BCUT2D eigenvalue weighted by Gasteiger charge is 2.50. The van der Waals surface area contributed by atoms with Crippen molar-refractivity contribution in [3.05, 3.63) is 0 Å². The number of fused-ring (bicyclic) bond motifs is 2. The lowest BCUT2D eigenvalue weighted by Gasteiger charge is -2.54. The van der Waals surface area contributed by atoms with Crippen LogP contribution in [0.4, 0.5) is 0 Å². The molecule has 0 radical (unpaired) electrons. The van der Waals surface area contributed by atoms with E-state index in [1.54, 1.807) is 0 Å². The summed E-state index contributed by atoms with van der Waals surface area (Å²) in [6.45, 7) is 2.08. The molecule has 0 spiro atoms. The van der Waals surface area contributed by atoms with Crippen LogP contribution in [-0.4, -0.2) is 16.6 Å². The minimum atomic E-state index is -0.151. The van der Waals surface area contributed by atoms with Crippen molar-refractivity contribution >= 4 is 0 Å². The van der Waals surface area contributed by atoms with Crippen LogP contribution in [-0.2, 0) is 0 Å². The molecular weight excluding hydrogens is 162 g/mol. The summed E-state index contributed by atoms with van der Waals surface area (Å²) in [6, 6.07) is 0. The fraction of sp³-hybridized carbons (Fsp3) is 1.00. The Hall–Kier alpha value is -0.120. The molecule has 3 heteroatoms. The van der Waals surface area contributed by atoms with Gasteiger partial charge in [0, 0.05) is 16.6 Å². The lowest BCUT2D eigenvalue weighted by atomic mass is 9.58. The molecule has 2 fully saturated rings. The molecule has 0 aromatic heterocycles. The zero-order valence-corrected chi connectivity index (χ0v) is 8.47. The minimum absolute atomic E-state index is 0.0747. The van der Waals surface area contributed by atoms with Gasteiger partial charge in [0.05, 0.1) is 0 Å². The van der Waals surface area contributed by atoms with Crippen LogP contribution < -0.4 is 17.2 Å². The molecule has 2 aliphatic rings. The highest BCUT2D eigenvalue weighted by atomic mass is 14.9. The Morgan fingerprint density at radius 3 is 1.77 bits per heavy atom. The van der Waals surface area contributed by atoms with Gasteiger partial charge < -0.3 is 17.2 Å². The third kappa shape index (κ3) is 1.73. The molecule has 0 aromatic carbocycles. The molecular formula is C10H21N3. The van der Waals surface area contributed by atoms with E-state index in [0.29, 0.717) is 0 Å². The van der Waals surface area contributed by atoms with Crippen LogP contribution in [0.25, 0.3) is 0 Å². The van der Waals surface area contributed by atoms with Crippen LogP contribution >= 0.6 is 0 Å². The smallest absolute Gasteiger partial charge is 0.0189 e. The van der Waals surface area contributed by atoms with Crippen molar-refractivity contribution in [2.24, 2.45) is 17.2 Å². The predicted molar refractivity (Wildman–Crippen MR) is 54.1 cm³/mol. The summed E-state index contributed by atoms with van der Waals surface area (Å²) in [4.78, 5) is 0. The average molecular weight is 183 g/mol. The van der Waals surface area contributed by atoms with Gasteiger partial charge in [0.1, 0.15) is 0 Å². The molecule has 0 saturated heterocycles. The van der Waals surface area contributed by atoms with Gasteiger partial charge in [-0.2, -0.15) is 0 Å². The minimum Gasteiger partial charge on any atom is -0.325 e. The third-order valence-electron chi connectivity index (χ3n) is 3.57. The van der Waals surface area contributed by atoms with Gasteiger partial charge in [0.2, 0.25) is 0 Å². The SMILES string of the molecule is CC1(N)CC2(N)CCCC(N)(C1)C2. The van der Waals surface area contributed by atoms with Crippen molar-refractivity contribution in [3.8, 4) is 0 Å². The molecule has 13 heavy (non-hydrogen) atoms. The standard InChI is InChI=1S/C10H21N3/c1-8(11)5-9(12)3-2-4-10(13,6-8)7-9/h2-7,11-13H2,1H3. The molecule has 2 atom stereocenters. The quantitative estimate of drug-likeness (QED) is 0.511. The second kappa shape index (κ2) is 2.47. The molecule has 0 amide bonds. The summed E-state index contributed by atoms with van der Waals surface area (Å²) in [5, 5.41) is 0. The molecule has 0 aliphatic heterocycles. The van der Waals surface area contributed by atoms with E-state index in [-0.39, 0.29) is 16.6 Å². The van der Waals surface area contributed by atoms with E-state index in [0.717, 1.165) is 32.1 Å². The second-order valence-electron chi connectivity index (χ2n) is 5.76. The largest absolute Gasteiger partial charge is 0.325 e. The van der Waals surface area contributed by atoms with Gasteiger partial charge in [-0.3, -0.25) is 0 Å². The Bertz CT molecular complexity index is 198. The molecule has 2 saturated carbocycles. The molecule has 2 unspecified atom stereocenters. The number of hydrogen-bond donors (Lipinski definition) is 3. The molecule has 2 aliphatic carbocycles. The molecule has 2 bridgehead atoms. The summed E-state index contributed by atoms with van der Waals surface area (Å²) in [5.41, 5.74) is 18.5. The van der Waals surface area contributed by atoms with Gasteiger partial charge in [0.15, 0.2) is 0 Å². The van der Waals surface area contributed by atoms with Crippen molar-refractivity contribution in [3.63, 3.8) is 0 Å². The summed E-state index contributed by atoms with van der Waals surface area (Å²) in [6.07, 6.45) is 6.19. The number of hydrogen-bond acceptors (Lipinski definition) is 3. The lowest BCUT2D eigenvalue weighted by Crippen LogP contribution is -2.67. The van der Waals surface area contributed by atoms with Gasteiger partial charge in [-0.05, 0) is 45.4 Å². The normalized spacial score (nSPS) is 56.3. The Labute approximate surface area is 80.0 Å². The van der Waals surface area contributed by atoms with Gasteiger partial charge in [-0.15, -0.1) is 0 Å². The maximum absolute atomic E-state index is 6.30. The molecule has 0 aromatic rings. The van der Waals surface area contributed by atoms with Crippen LogP contribution in [0.3, 0.4) is 0 Å². The van der Waals surface area contributed by atoms with E-state index in [1.807, 2.05) is 0 Å². The molecule has 6 N–H and O–H groups in total. The highest BCUT2D eigenvalue weighted by Crippen LogP contribution is 2.45. The van der Waals surface area contributed by atoms with Crippen molar-refractivity contribution < 1.29 is 0 Å². The van der Waals surface area contributed by atoms with Crippen LogP contribution in [0.5, 0.6) is 0 Å². The van der Waals surface area contributed by atoms with Crippen LogP contribution in [0.15, 0.2) is 0 Å². The maximum atomic E-state index is 6.30. The summed E-state index contributed by atoms with van der Waals surface area (Å²) in [7, 11) is 0. The average Bonchev–Trinajstić information content (AvgIpc) is 1.76. The van der Waals surface area contributed by atoms with E-state index >= 15 is 0 Å². The van der Waals surface area contributed by atoms with Crippen molar-refractivity contribution in [2.45, 2.75) is 62.1 Å². The Morgan fingerprint density at radius 2 is 1.31 bits per heavy atom. The maximum Gasteiger partial charge on any atom is 0.0189 e. The van der Waals surface area contributed by atoms with E-state index in [9.17, 15) is 0 Å². The summed E-state index contributed by atoms with van der Waals surface area (Å²) in [5.74, 6) is 0. The van der Waals surface area contributed by atoms with E-state index in [2.05, 4.69) is 6.92 Å². The van der Waals surface area contributed by atoms with Crippen LogP contribution in [0.2, 0.25) is 0 Å². The summed E-state index contributed by atoms with van der Waals surface area (Å²) < 4.78 is 0. The van der Waals surface area contributed by atoms with Gasteiger partial charge in [-0.25, -0.2) is 0 Å². The Morgan fingerprint density at radius 1 is 0.846 bits per heavy atom. The third-order valence-corrected chi connectivity index (χ3v) is 3.57. The lowest BCUT2D eigenvalue weighted by molar-refractivity contribution is 0.0731. The van der Waals surface area contributed by atoms with Crippen molar-refractivity contribution in [1.29, 1.82) is 0 Å². The summed E-state index contributed by atoms with van der Waals surface area (Å²) >= 11 is 0. The fourth-order valence-electron chi connectivity index (χ4n) is 3.64. The fourth-order valence-corrected chi connectivity index (χ4v) is 3.64. The number of nitrogens with two attached hydrogens (primary N) is 3. The van der Waals surface area contributed by atoms with Crippen LogP contribution in [0.1, 0.15) is 45.4 Å². The Kier molecular flexibility index (Phi) is 1.79. The number of rotatable bonds is 0. The topological polar surface area (TPSA) is 78.1 Å². The van der Waals surface area contributed by atoms with E-state index in [1.165, 1.54) is 6.42 Å². The second-order valence-corrected chi connectivity index (χ2v) is 5.76. The molecule has 0 heterocycles. The predicted octanol–water partition coefficient (Wildman–Crippen LogP) is 0.467. The van der Waals surface area contributed by atoms with Crippen molar-refractivity contribution in [1.82, 2.24) is 0 Å². The first-order valence-electron chi connectivity index (χ1n) is 5.19. The zero-order valence-electron chi connectivity index (χ0n) is 8.47. The molecule has 76 valence electrons. The zero-order chi connectivity index (χ0) is 9.74. The van der Waals surface area contributed by atoms with Gasteiger partial charge in [-0.1, -0.05) is 0 Å². The van der Waals surface area contributed by atoms with E-state index in [4.69, 9.17) is 17.2 Å². The molecule has 3 nitrogen and oxygen atoms in total.